The zero-order chi connectivity index (χ0) is 9.97. The van der Waals surface area contributed by atoms with E-state index in [4.69, 9.17) is 4.42 Å². The van der Waals surface area contributed by atoms with Gasteiger partial charge in [-0.1, -0.05) is 18.2 Å². The summed E-state index contributed by atoms with van der Waals surface area (Å²) in [6.45, 7) is 0. The summed E-state index contributed by atoms with van der Waals surface area (Å²) in [7, 11) is 0. The topological polar surface area (TPSA) is 47.3 Å². The molecule has 1 heterocycles. The lowest BCUT2D eigenvalue weighted by molar-refractivity contribution is -0.107. The minimum atomic E-state index is -0.434. The number of hydrogen-bond donors (Lipinski definition) is 0. The molecule has 0 aliphatic carbocycles. The van der Waals surface area contributed by atoms with Crippen LogP contribution in [0, 0.1) is 0 Å². The van der Waals surface area contributed by atoms with Gasteiger partial charge in [-0.05, 0) is 12.1 Å². The minimum Gasteiger partial charge on any atom is -0.423 e. The molecule has 0 N–H and O–H groups in total. The van der Waals surface area contributed by atoms with E-state index in [1.165, 1.54) is 0 Å². The van der Waals surface area contributed by atoms with E-state index in [0.717, 1.165) is 5.39 Å². The van der Waals surface area contributed by atoms with Crippen molar-refractivity contribution in [2.45, 2.75) is 6.42 Å². The van der Waals surface area contributed by atoms with Gasteiger partial charge < -0.3 is 9.21 Å². The van der Waals surface area contributed by atoms with Gasteiger partial charge >= 0.3 is 5.63 Å². The van der Waals surface area contributed by atoms with E-state index >= 15 is 0 Å². The summed E-state index contributed by atoms with van der Waals surface area (Å²) in [4.78, 5) is 21.6. The summed E-state index contributed by atoms with van der Waals surface area (Å²) in [5, 5.41) is 0.837. The predicted molar refractivity (Wildman–Crippen MR) is 52.3 cm³/mol. The van der Waals surface area contributed by atoms with E-state index in [2.05, 4.69) is 0 Å². The predicted octanol–water partition coefficient (Wildman–Crippen LogP) is 1.53. The highest BCUT2D eigenvalue weighted by Crippen LogP contribution is 2.12. The number of carbonyl (C=O) groups excluding carboxylic acids is 1. The van der Waals surface area contributed by atoms with E-state index in [1.54, 1.807) is 18.2 Å². The van der Waals surface area contributed by atoms with Gasteiger partial charge in [0.15, 0.2) is 0 Å². The summed E-state index contributed by atoms with van der Waals surface area (Å²) < 4.78 is 5.03. The molecule has 1 aromatic heterocycles. The average Bonchev–Trinajstić information content (AvgIpc) is 2.19. The Morgan fingerprint density at radius 2 is 2.07 bits per heavy atom. The lowest BCUT2D eigenvalue weighted by Crippen LogP contribution is -2.07. The Hall–Kier alpha value is -1.90. The third-order valence-electron chi connectivity index (χ3n) is 2.02. The monoisotopic (exact) mass is 188 g/mol. The number of aldehydes is 1. The minimum absolute atomic E-state index is 0.104. The van der Waals surface area contributed by atoms with Crippen molar-refractivity contribution < 1.29 is 9.21 Å². The number of benzene rings is 1. The van der Waals surface area contributed by atoms with Crippen LogP contribution < -0.4 is 5.63 Å². The molecule has 0 saturated heterocycles. The zero-order valence-electron chi connectivity index (χ0n) is 7.40. The molecule has 0 fully saturated rings. The van der Waals surface area contributed by atoms with E-state index in [1.807, 2.05) is 12.1 Å². The molecule has 0 aliphatic rings. The van der Waals surface area contributed by atoms with Crippen LogP contribution in [0.5, 0.6) is 0 Å². The molecule has 14 heavy (non-hydrogen) atoms. The molecule has 0 radical (unpaired) electrons. The third-order valence-corrected chi connectivity index (χ3v) is 2.02. The fourth-order valence-electron chi connectivity index (χ4n) is 1.34. The standard InChI is InChI=1S/C11H8O3/c12-6-5-9-7-8-3-1-2-4-10(8)14-11(9)13/h1-4,6-7H,5H2. The van der Waals surface area contributed by atoms with Gasteiger partial charge in [0.1, 0.15) is 11.9 Å². The summed E-state index contributed by atoms with van der Waals surface area (Å²) in [5.41, 5.74) is 0.515. The summed E-state index contributed by atoms with van der Waals surface area (Å²) in [6, 6.07) is 8.90. The Morgan fingerprint density at radius 1 is 1.29 bits per heavy atom. The lowest BCUT2D eigenvalue weighted by atomic mass is 10.1. The molecule has 0 unspecified atom stereocenters. The van der Waals surface area contributed by atoms with E-state index in [9.17, 15) is 9.59 Å². The largest absolute Gasteiger partial charge is 0.423 e. The molecule has 0 spiro atoms. The molecule has 0 atom stereocenters. The van der Waals surface area contributed by atoms with Crippen molar-refractivity contribution in [3.8, 4) is 0 Å². The molecule has 0 amide bonds. The molecule has 0 saturated carbocycles. The van der Waals surface area contributed by atoms with Gasteiger partial charge in [-0.15, -0.1) is 0 Å². The molecule has 3 heteroatoms. The summed E-state index contributed by atoms with van der Waals surface area (Å²) in [6.07, 6.45) is 0.800. The maximum absolute atomic E-state index is 11.3. The fourth-order valence-corrected chi connectivity index (χ4v) is 1.34. The van der Waals surface area contributed by atoms with Crippen LogP contribution in [0.25, 0.3) is 11.0 Å². The number of carbonyl (C=O) groups is 1. The van der Waals surface area contributed by atoms with Gasteiger partial charge in [0, 0.05) is 17.4 Å². The lowest BCUT2D eigenvalue weighted by Gasteiger charge is -1.97. The summed E-state index contributed by atoms with van der Waals surface area (Å²) >= 11 is 0. The van der Waals surface area contributed by atoms with Crippen molar-refractivity contribution in [2.75, 3.05) is 0 Å². The van der Waals surface area contributed by atoms with Crippen molar-refractivity contribution >= 4 is 17.3 Å². The normalized spacial score (nSPS) is 10.3. The van der Waals surface area contributed by atoms with Gasteiger partial charge in [-0.3, -0.25) is 0 Å². The highest BCUT2D eigenvalue weighted by atomic mass is 16.4. The first kappa shape index (κ1) is 8.69. The number of para-hydroxylation sites is 1. The first-order valence-electron chi connectivity index (χ1n) is 4.26. The van der Waals surface area contributed by atoms with Crippen LogP contribution in [0.15, 0.2) is 39.5 Å². The molecule has 0 bridgehead atoms. The number of fused-ring (bicyclic) bond motifs is 1. The van der Waals surface area contributed by atoms with E-state index < -0.39 is 5.63 Å². The van der Waals surface area contributed by atoms with Crippen molar-refractivity contribution in [3.63, 3.8) is 0 Å². The van der Waals surface area contributed by atoms with Crippen LogP contribution in [-0.2, 0) is 11.2 Å². The van der Waals surface area contributed by atoms with Gasteiger partial charge in [-0.25, -0.2) is 4.79 Å². The Kier molecular flexibility index (Phi) is 2.14. The van der Waals surface area contributed by atoms with Crippen LogP contribution in [0.2, 0.25) is 0 Å². The molecule has 2 aromatic rings. The maximum atomic E-state index is 11.3. The van der Waals surface area contributed by atoms with Gasteiger partial charge in [0.25, 0.3) is 0 Å². The molecule has 2 rings (SSSR count). The molecule has 1 aromatic carbocycles. The Morgan fingerprint density at radius 3 is 2.86 bits per heavy atom. The summed E-state index contributed by atoms with van der Waals surface area (Å²) in [5.74, 6) is 0. The second-order valence-corrected chi connectivity index (χ2v) is 2.97. The van der Waals surface area contributed by atoms with E-state index in [-0.39, 0.29) is 6.42 Å². The zero-order valence-corrected chi connectivity index (χ0v) is 7.40. The molecular weight excluding hydrogens is 180 g/mol. The molecular formula is C11H8O3. The highest BCUT2D eigenvalue weighted by molar-refractivity contribution is 5.77. The maximum Gasteiger partial charge on any atom is 0.339 e. The van der Waals surface area contributed by atoms with Crippen LogP contribution in [0.4, 0.5) is 0 Å². The van der Waals surface area contributed by atoms with Gasteiger partial charge in [0.2, 0.25) is 0 Å². The van der Waals surface area contributed by atoms with Crippen LogP contribution in [0.3, 0.4) is 0 Å². The van der Waals surface area contributed by atoms with Crippen LogP contribution in [0.1, 0.15) is 5.56 Å². The van der Waals surface area contributed by atoms with Crippen molar-refractivity contribution in [1.82, 2.24) is 0 Å². The Bertz CT molecular complexity index is 525. The molecule has 70 valence electrons. The van der Waals surface area contributed by atoms with Crippen molar-refractivity contribution in [1.29, 1.82) is 0 Å². The van der Waals surface area contributed by atoms with E-state index in [0.29, 0.717) is 17.4 Å². The van der Waals surface area contributed by atoms with Crippen LogP contribution >= 0.6 is 0 Å². The second kappa shape index (κ2) is 3.46. The molecule has 3 nitrogen and oxygen atoms in total. The quantitative estimate of drug-likeness (QED) is 0.530. The smallest absolute Gasteiger partial charge is 0.339 e. The SMILES string of the molecule is O=CCc1cc2ccccc2oc1=O. The fraction of sp³-hybridized carbons (Fsp3) is 0.0909. The first-order valence-corrected chi connectivity index (χ1v) is 4.26. The van der Waals surface area contributed by atoms with Crippen molar-refractivity contribution in [2.24, 2.45) is 0 Å². The van der Waals surface area contributed by atoms with Crippen molar-refractivity contribution in [3.05, 3.63) is 46.3 Å². The number of hydrogen-bond acceptors (Lipinski definition) is 3. The van der Waals surface area contributed by atoms with Gasteiger partial charge in [-0.2, -0.15) is 0 Å². The first-order chi connectivity index (χ1) is 6.81. The Labute approximate surface area is 80.0 Å². The Balaban J connectivity index is 2.70. The van der Waals surface area contributed by atoms with Gasteiger partial charge in [0.05, 0.1) is 0 Å². The highest BCUT2D eigenvalue weighted by Gasteiger charge is 2.03. The second-order valence-electron chi connectivity index (χ2n) is 2.97. The number of rotatable bonds is 2. The average molecular weight is 188 g/mol. The van der Waals surface area contributed by atoms with Crippen LogP contribution in [-0.4, -0.2) is 6.29 Å². The molecule has 0 aliphatic heterocycles. The third kappa shape index (κ3) is 1.44.